The van der Waals surface area contributed by atoms with Gasteiger partial charge in [0.1, 0.15) is 11.9 Å². The van der Waals surface area contributed by atoms with Gasteiger partial charge in [0.25, 0.3) is 0 Å². The fourth-order valence-electron chi connectivity index (χ4n) is 6.29. The molecule has 0 spiro atoms. The van der Waals surface area contributed by atoms with Gasteiger partial charge in [0, 0.05) is 24.8 Å². The molecule has 6 unspecified atom stereocenters. The predicted octanol–water partition coefficient (Wildman–Crippen LogP) is 7.27. The normalized spacial score (nSPS) is 22.6. The molecule has 0 aliphatic carbocycles. The first-order valence-corrected chi connectivity index (χ1v) is 17.4. The van der Waals surface area contributed by atoms with E-state index in [0.717, 1.165) is 51.4 Å². The average Bonchev–Trinajstić information content (AvgIpc) is 3.57. The molecule has 2 aliphatic heterocycles. The molecule has 0 aromatic heterocycles. The lowest BCUT2D eigenvalue weighted by atomic mass is 9.99. The molecule has 0 aromatic carbocycles. The number of cyclic esters (lactones) is 1. The van der Waals surface area contributed by atoms with Gasteiger partial charge < -0.3 is 24.8 Å². The SMILES string of the molecule is CCCCCCCCCCCCC(O)C1CCC(C(O)CCCC(=O)CCCCCCC(O)CC2=CC(C)OC2=O)O1. The van der Waals surface area contributed by atoms with E-state index in [2.05, 4.69) is 6.92 Å². The fraction of sp³-hybridized carbons (Fsp3) is 0.886. The van der Waals surface area contributed by atoms with Crippen molar-refractivity contribution in [1.82, 2.24) is 0 Å². The third-order valence-electron chi connectivity index (χ3n) is 8.94. The van der Waals surface area contributed by atoms with E-state index < -0.39 is 18.3 Å². The maximum Gasteiger partial charge on any atom is 0.334 e. The number of unbranched alkanes of at least 4 members (excludes halogenated alkanes) is 12. The molecule has 0 saturated carbocycles. The van der Waals surface area contributed by atoms with Gasteiger partial charge in [-0.25, -0.2) is 4.79 Å². The molecule has 6 atom stereocenters. The first-order valence-electron chi connectivity index (χ1n) is 17.4. The van der Waals surface area contributed by atoms with Gasteiger partial charge >= 0.3 is 5.97 Å². The van der Waals surface area contributed by atoms with Crippen LogP contribution in [0.15, 0.2) is 11.6 Å². The average molecular weight is 595 g/mol. The van der Waals surface area contributed by atoms with Gasteiger partial charge in [-0.2, -0.15) is 0 Å². The largest absolute Gasteiger partial charge is 0.455 e. The minimum absolute atomic E-state index is 0.175. The van der Waals surface area contributed by atoms with Gasteiger partial charge in [0.05, 0.1) is 30.5 Å². The number of ketones is 1. The van der Waals surface area contributed by atoms with E-state index in [4.69, 9.17) is 9.47 Å². The molecule has 1 saturated heterocycles. The molecule has 1 fully saturated rings. The van der Waals surface area contributed by atoms with Crippen molar-refractivity contribution in [2.75, 3.05) is 0 Å². The zero-order valence-electron chi connectivity index (χ0n) is 26.8. The number of Topliss-reactive ketones (excluding diaryl/α,β-unsaturated/α-hetero) is 1. The van der Waals surface area contributed by atoms with Gasteiger partial charge in [0.15, 0.2) is 0 Å². The quantitative estimate of drug-likeness (QED) is 0.0713. The number of ether oxygens (including phenoxy) is 2. The number of esters is 1. The van der Waals surface area contributed by atoms with Crippen LogP contribution in [0.3, 0.4) is 0 Å². The van der Waals surface area contributed by atoms with Crippen molar-refractivity contribution in [2.24, 2.45) is 0 Å². The number of hydrogen-bond acceptors (Lipinski definition) is 7. The smallest absolute Gasteiger partial charge is 0.334 e. The summed E-state index contributed by atoms with van der Waals surface area (Å²) in [5, 5.41) is 31.3. The summed E-state index contributed by atoms with van der Waals surface area (Å²) in [5.74, 6) is -0.0821. The van der Waals surface area contributed by atoms with Gasteiger partial charge in [-0.1, -0.05) is 90.4 Å². The number of aliphatic hydroxyl groups excluding tert-OH is 3. The van der Waals surface area contributed by atoms with Crippen molar-refractivity contribution in [3.05, 3.63) is 11.6 Å². The van der Waals surface area contributed by atoms with E-state index in [1.54, 1.807) is 6.08 Å². The van der Waals surface area contributed by atoms with Crippen LogP contribution in [0.4, 0.5) is 0 Å². The Hall–Kier alpha value is -1.28. The summed E-state index contributed by atoms with van der Waals surface area (Å²) in [5.41, 5.74) is 0.571. The summed E-state index contributed by atoms with van der Waals surface area (Å²) in [6, 6.07) is 0. The summed E-state index contributed by atoms with van der Waals surface area (Å²) in [4.78, 5) is 23.9. The fourth-order valence-corrected chi connectivity index (χ4v) is 6.29. The van der Waals surface area contributed by atoms with Crippen molar-refractivity contribution in [1.29, 1.82) is 0 Å². The third kappa shape index (κ3) is 16.0. The van der Waals surface area contributed by atoms with E-state index in [-0.39, 0.29) is 30.1 Å². The zero-order chi connectivity index (χ0) is 30.6. The first-order chi connectivity index (χ1) is 20.3. The minimum atomic E-state index is -0.580. The molecule has 2 rings (SSSR count). The predicted molar refractivity (Wildman–Crippen MR) is 167 cm³/mol. The second kappa shape index (κ2) is 22.3. The Morgan fingerprint density at radius 1 is 0.762 bits per heavy atom. The summed E-state index contributed by atoms with van der Waals surface area (Å²) in [7, 11) is 0. The minimum Gasteiger partial charge on any atom is -0.455 e. The number of aliphatic hydroxyl groups is 3. The van der Waals surface area contributed by atoms with Crippen LogP contribution in [-0.4, -0.2) is 63.7 Å². The molecular formula is C35H62O7. The monoisotopic (exact) mass is 594 g/mol. The van der Waals surface area contributed by atoms with E-state index in [0.29, 0.717) is 44.1 Å². The Morgan fingerprint density at radius 3 is 1.83 bits per heavy atom. The number of carbonyl (C=O) groups excluding carboxylic acids is 2. The van der Waals surface area contributed by atoms with Crippen molar-refractivity contribution >= 4 is 11.8 Å². The molecule has 2 heterocycles. The van der Waals surface area contributed by atoms with Crippen molar-refractivity contribution in [3.8, 4) is 0 Å². The lowest BCUT2D eigenvalue weighted by Gasteiger charge is -2.22. The van der Waals surface area contributed by atoms with E-state index in [1.165, 1.54) is 57.8 Å². The number of hydrogen-bond donors (Lipinski definition) is 3. The molecular weight excluding hydrogens is 532 g/mol. The standard InChI is InChI=1S/C35H62O7/c1-3-4-5-6-7-8-9-10-11-16-21-31(38)33-23-24-34(42-33)32(39)22-17-20-29(36)18-14-12-13-15-19-30(37)26-28-25-27(2)41-35(28)40/h25,27,30-34,37-39H,3-24,26H2,1-2H3. The maximum absolute atomic E-state index is 12.3. The van der Waals surface area contributed by atoms with Crippen molar-refractivity contribution in [2.45, 2.75) is 198 Å². The zero-order valence-corrected chi connectivity index (χ0v) is 26.8. The summed E-state index contributed by atoms with van der Waals surface area (Å²) < 4.78 is 11.1. The summed E-state index contributed by atoms with van der Waals surface area (Å²) in [6.45, 7) is 4.06. The molecule has 0 amide bonds. The van der Waals surface area contributed by atoms with Crippen LogP contribution >= 0.6 is 0 Å². The first kappa shape index (κ1) is 36.9. The Kier molecular flexibility index (Phi) is 19.6. The highest BCUT2D eigenvalue weighted by atomic mass is 16.5. The Bertz CT molecular complexity index is 766. The van der Waals surface area contributed by atoms with Crippen LogP contribution in [0, 0.1) is 0 Å². The molecule has 42 heavy (non-hydrogen) atoms. The Balaban J connectivity index is 1.42. The maximum atomic E-state index is 12.3. The highest BCUT2D eigenvalue weighted by Gasteiger charge is 2.34. The highest BCUT2D eigenvalue weighted by molar-refractivity contribution is 5.90. The molecule has 0 radical (unpaired) electrons. The van der Waals surface area contributed by atoms with Gasteiger partial charge in [0.2, 0.25) is 0 Å². The number of carbonyl (C=O) groups is 2. The van der Waals surface area contributed by atoms with E-state index >= 15 is 0 Å². The third-order valence-corrected chi connectivity index (χ3v) is 8.94. The van der Waals surface area contributed by atoms with Crippen LogP contribution in [0.1, 0.15) is 162 Å². The lowest BCUT2D eigenvalue weighted by Crippen LogP contribution is -2.31. The Labute approximate surface area is 255 Å². The topological polar surface area (TPSA) is 113 Å². The van der Waals surface area contributed by atoms with Crippen molar-refractivity contribution < 1.29 is 34.4 Å². The lowest BCUT2D eigenvalue weighted by molar-refractivity contribution is -0.139. The highest BCUT2D eigenvalue weighted by Crippen LogP contribution is 2.28. The van der Waals surface area contributed by atoms with Crippen LogP contribution in [0.25, 0.3) is 0 Å². The second-order valence-electron chi connectivity index (χ2n) is 12.9. The molecule has 7 nitrogen and oxygen atoms in total. The number of rotatable bonds is 26. The van der Waals surface area contributed by atoms with Gasteiger partial charge in [-0.05, 0) is 57.9 Å². The molecule has 0 bridgehead atoms. The molecule has 3 N–H and O–H groups in total. The molecule has 0 aromatic rings. The molecule has 7 heteroatoms. The summed E-state index contributed by atoms with van der Waals surface area (Å²) in [6.07, 6.45) is 21.6. The summed E-state index contributed by atoms with van der Waals surface area (Å²) >= 11 is 0. The van der Waals surface area contributed by atoms with Crippen molar-refractivity contribution in [3.63, 3.8) is 0 Å². The van der Waals surface area contributed by atoms with E-state index in [9.17, 15) is 24.9 Å². The van der Waals surface area contributed by atoms with Crippen LogP contribution in [0.5, 0.6) is 0 Å². The van der Waals surface area contributed by atoms with Crippen LogP contribution < -0.4 is 0 Å². The molecule has 2 aliphatic rings. The van der Waals surface area contributed by atoms with E-state index in [1.807, 2.05) is 6.92 Å². The van der Waals surface area contributed by atoms with Gasteiger partial charge in [-0.3, -0.25) is 4.79 Å². The van der Waals surface area contributed by atoms with Gasteiger partial charge in [-0.15, -0.1) is 0 Å². The Morgan fingerprint density at radius 2 is 1.26 bits per heavy atom. The van der Waals surface area contributed by atoms with Crippen LogP contribution in [-0.2, 0) is 19.1 Å². The van der Waals surface area contributed by atoms with Crippen LogP contribution in [0.2, 0.25) is 0 Å². The molecule has 244 valence electrons. The second-order valence-corrected chi connectivity index (χ2v) is 12.9.